The fourth-order valence-corrected chi connectivity index (χ4v) is 4.41. The molecule has 0 unspecified atom stereocenters. The maximum Gasteiger partial charge on any atom is 0.299 e. The van der Waals surface area contributed by atoms with Gasteiger partial charge in [-0.1, -0.05) is 65.7 Å². The van der Waals surface area contributed by atoms with Gasteiger partial charge in [-0.25, -0.2) is 8.42 Å². The van der Waals surface area contributed by atoms with Crippen molar-refractivity contribution in [2.24, 2.45) is 0 Å². The number of hydrogen-bond donors (Lipinski definition) is 0. The Morgan fingerprint density at radius 3 is 2.23 bits per heavy atom. The van der Waals surface area contributed by atoms with Gasteiger partial charge in [0.05, 0.1) is 12.2 Å². The van der Waals surface area contributed by atoms with Gasteiger partial charge in [0.25, 0.3) is 13.7 Å². The van der Waals surface area contributed by atoms with Crippen LogP contribution in [0, 0.1) is 0 Å². The van der Waals surface area contributed by atoms with E-state index in [1.54, 1.807) is 42.5 Å². The molecular weight excluding hydrogens is 345 g/mol. The molecule has 2 aromatic carbocycles. The van der Waals surface area contributed by atoms with Crippen molar-refractivity contribution < 1.29 is 13.2 Å². The fourth-order valence-electron chi connectivity index (χ4n) is 2.34. The van der Waals surface area contributed by atoms with E-state index in [4.69, 9.17) is 23.2 Å². The summed E-state index contributed by atoms with van der Waals surface area (Å²) in [6, 6.07) is 15.4. The number of alkyl halides is 2. The number of sulfonamides is 1. The van der Waals surface area contributed by atoms with Crippen LogP contribution in [0.1, 0.15) is 15.9 Å². The number of Topliss-reactive ketones (excluding diaryl/α,β-unsaturated/α-hetero) is 1. The molecule has 3 rings (SSSR count). The molecule has 0 spiro atoms. The number of nitrogens with zero attached hydrogens (tertiary/aromatic N) is 1. The number of ketones is 1. The van der Waals surface area contributed by atoms with Crippen molar-refractivity contribution in [2.75, 3.05) is 4.31 Å². The lowest BCUT2D eigenvalue weighted by Crippen LogP contribution is -2.50. The van der Waals surface area contributed by atoms with Crippen molar-refractivity contribution in [3.05, 3.63) is 65.7 Å². The Morgan fingerprint density at radius 1 is 0.955 bits per heavy atom. The van der Waals surface area contributed by atoms with Gasteiger partial charge in [-0.2, -0.15) is 0 Å². The number of fused-ring (bicyclic) bond motifs is 1. The van der Waals surface area contributed by atoms with E-state index in [-0.39, 0.29) is 17.8 Å². The maximum atomic E-state index is 12.7. The monoisotopic (exact) mass is 355 g/mol. The van der Waals surface area contributed by atoms with E-state index in [0.717, 1.165) is 9.87 Å². The molecule has 2 aromatic rings. The molecule has 0 aromatic heterocycles. The zero-order valence-corrected chi connectivity index (χ0v) is 13.6. The van der Waals surface area contributed by atoms with E-state index in [1.165, 1.54) is 6.07 Å². The second kappa shape index (κ2) is 5.26. The van der Waals surface area contributed by atoms with Crippen LogP contribution < -0.4 is 4.31 Å². The number of anilines is 1. The summed E-state index contributed by atoms with van der Waals surface area (Å²) >= 11 is 11.8. The molecule has 0 N–H and O–H groups in total. The predicted octanol–water partition coefficient (Wildman–Crippen LogP) is 3.35. The first-order valence-electron chi connectivity index (χ1n) is 6.43. The smallest absolute Gasteiger partial charge is 0.289 e. The first-order valence-corrected chi connectivity index (χ1v) is 8.63. The molecule has 0 saturated heterocycles. The van der Waals surface area contributed by atoms with Crippen molar-refractivity contribution in [3.8, 4) is 0 Å². The van der Waals surface area contributed by atoms with Crippen LogP contribution in [0.5, 0.6) is 0 Å². The molecule has 0 aliphatic carbocycles. The van der Waals surface area contributed by atoms with Crippen molar-refractivity contribution in [3.63, 3.8) is 0 Å². The summed E-state index contributed by atoms with van der Waals surface area (Å²) in [4.78, 5) is 12.3. The van der Waals surface area contributed by atoms with Crippen molar-refractivity contribution in [1.82, 2.24) is 0 Å². The fraction of sp³-hybridized carbons (Fsp3) is 0.133. The SMILES string of the molecule is O=C1c2ccccc2N(Cc2ccccc2)S(=O)(=O)C1(Cl)Cl. The van der Waals surface area contributed by atoms with Crippen LogP contribution in [0.25, 0.3) is 0 Å². The van der Waals surface area contributed by atoms with E-state index in [1.807, 2.05) is 6.07 Å². The van der Waals surface area contributed by atoms with Gasteiger partial charge in [-0.3, -0.25) is 9.10 Å². The first kappa shape index (κ1) is 15.3. The minimum absolute atomic E-state index is 0.0503. The quantitative estimate of drug-likeness (QED) is 0.776. The molecule has 22 heavy (non-hydrogen) atoms. The molecule has 0 fully saturated rings. The predicted molar refractivity (Wildman–Crippen MR) is 86.8 cm³/mol. The second-order valence-corrected chi connectivity index (χ2v) is 8.64. The van der Waals surface area contributed by atoms with E-state index in [9.17, 15) is 13.2 Å². The van der Waals surface area contributed by atoms with Gasteiger partial charge in [-0.05, 0) is 17.7 Å². The molecule has 0 amide bonds. The topological polar surface area (TPSA) is 54.5 Å². The Balaban J connectivity index is 2.18. The minimum Gasteiger partial charge on any atom is -0.289 e. The summed E-state index contributed by atoms with van der Waals surface area (Å²) in [5.41, 5.74) is 1.24. The highest BCUT2D eigenvalue weighted by Crippen LogP contribution is 2.44. The van der Waals surface area contributed by atoms with Crippen LogP contribution >= 0.6 is 23.2 Å². The van der Waals surface area contributed by atoms with Gasteiger partial charge in [0.2, 0.25) is 5.78 Å². The molecule has 0 saturated carbocycles. The number of hydrogen-bond acceptors (Lipinski definition) is 3. The molecule has 1 aliphatic rings. The average molecular weight is 356 g/mol. The van der Waals surface area contributed by atoms with E-state index in [0.29, 0.717) is 0 Å². The third kappa shape index (κ3) is 2.20. The molecule has 0 bridgehead atoms. The van der Waals surface area contributed by atoms with E-state index >= 15 is 0 Å². The number of carbonyl (C=O) groups excluding carboxylic acids is 1. The normalized spacial score (nSPS) is 18.8. The Labute approximate surface area is 138 Å². The van der Waals surface area contributed by atoms with Crippen LogP contribution in [-0.4, -0.2) is 17.9 Å². The number of benzene rings is 2. The summed E-state index contributed by atoms with van der Waals surface area (Å²) in [6.45, 7) is 0.0503. The number of carbonyl (C=O) groups is 1. The summed E-state index contributed by atoms with van der Waals surface area (Å²) in [6.07, 6.45) is 0. The Hall–Kier alpha value is -1.56. The van der Waals surface area contributed by atoms with Gasteiger partial charge in [-0.15, -0.1) is 0 Å². The van der Waals surface area contributed by atoms with Crippen LogP contribution in [0.2, 0.25) is 0 Å². The summed E-state index contributed by atoms with van der Waals surface area (Å²) in [5, 5.41) is 0. The van der Waals surface area contributed by atoms with Gasteiger partial charge < -0.3 is 0 Å². The molecule has 4 nitrogen and oxygen atoms in total. The number of para-hydroxylation sites is 1. The largest absolute Gasteiger partial charge is 0.299 e. The molecule has 1 heterocycles. The second-order valence-electron chi connectivity index (χ2n) is 4.86. The first-order chi connectivity index (χ1) is 10.4. The van der Waals surface area contributed by atoms with Crippen LogP contribution in [-0.2, 0) is 16.6 Å². The van der Waals surface area contributed by atoms with Crippen LogP contribution in [0.15, 0.2) is 54.6 Å². The van der Waals surface area contributed by atoms with Crippen LogP contribution in [0.4, 0.5) is 5.69 Å². The van der Waals surface area contributed by atoms with Crippen LogP contribution in [0.3, 0.4) is 0 Å². The van der Waals surface area contributed by atoms with Crippen molar-refractivity contribution in [1.29, 1.82) is 0 Å². The standard InChI is InChI=1S/C15H11Cl2NO3S/c16-15(17)14(19)12-8-4-5-9-13(12)18(22(15,20)21)10-11-6-2-1-3-7-11/h1-9H,10H2. The highest BCUT2D eigenvalue weighted by Gasteiger charge is 2.55. The molecular formula is C15H11Cl2NO3S. The van der Waals surface area contributed by atoms with Gasteiger partial charge in [0.15, 0.2) is 0 Å². The third-order valence-electron chi connectivity index (χ3n) is 3.46. The van der Waals surface area contributed by atoms with Gasteiger partial charge in [0, 0.05) is 5.56 Å². The molecule has 0 atom stereocenters. The van der Waals surface area contributed by atoms with Crippen molar-refractivity contribution in [2.45, 2.75) is 10.2 Å². The number of halogens is 2. The molecule has 114 valence electrons. The van der Waals surface area contributed by atoms with E-state index < -0.39 is 19.5 Å². The lowest BCUT2D eigenvalue weighted by Gasteiger charge is -2.35. The lowest BCUT2D eigenvalue weighted by molar-refractivity contribution is 0.0994. The molecule has 1 aliphatic heterocycles. The Kier molecular flexibility index (Phi) is 3.67. The average Bonchev–Trinajstić information content (AvgIpc) is 2.51. The van der Waals surface area contributed by atoms with Gasteiger partial charge >= 0.3 is 0 Å². The zero-order valence-electron chi connectivity index (χ0n) is 11.2. The van der Waals surface area contributed by atoms with E-state index in [2.05, 4.69) is 0 Å². The van der Waals surface area contributed by atoms with Crippen molar-refractivity contribution >= 4 is 44.7 Å². The lowest BCUT2D eigenvalue weighted by atomic mass is 10.1. The molecule has 0 radical (unpaired) electrons. The third-order valence-corrected chi connectivity index (χ3v) is 6.72. The molecule has 7 heteroatoms. The Morgan fingerprint density at radius 2 is 1.55 bits per heavy atom. The number of rotatable bonds is 2. The highest BCUT2D eigenvalue weighted by atomic mass is 35.5. The highest BCUT2D eigenvalue weighted by molar-refractivity contribution is 7.98. The maximum absolute atomic E-state index is 12.7. The summed E-state index contributed by atoms with van der Waals surface area (Å²) in [7, 11) is -4.25. The summed E-state index contributed by atoms with van der Waals surface area (Å²) < 4.78 is 23.9. The van der Waals surface area contributed by atoms with Gasteiger partial charge in [0.1, 0.15) is 0 Å². The zero-order chi connectivity index (χ0) is 16.0. The Bertz CT molecular complexity index is 835. The minimum atomic E-state index is -4.25. The summed E-state index contributed by atoms with van der Waals surface area (Å²) in [5.74, 6) is -0.823.